The zero-order valence-corrected chi connectivity index (χ0v) is 21.2. The van der Waals surface area contributed by atoms with Gasteiger partial charge in [-0.15, -0.1) is 5.11 Å². The van der Waals surface area contributed by atoms with Crippen molar-refractivity contribution >= 4 is 34.4 Å². The number of unbranched alkanes of at least 4 members (excludes halogenated alkanes) is 5. The zero-order valence-electron chi connectivity index (χ0n) is 20.4. The fourth-order valence-electron chi connectivity index (χ4n) is 3.19. The highest BCUT2D eigenvalue weighted by Crippen LogP contribution is 2.28. The van der Waals surface area contributed by atoms with Crippen LogP contribution in [0.1, 0.15) is 55.3 Å². The van der Waals surface area contributed by atoms with Gasteiger partial charge in [0.15, 0.2) is 10.9 Å². The predicted octanol–water partition coefficient (Wildman–Crippen LogP) is 7.72. The van der Waals surface area contributed by atoms with Crippen LogP contribution < -0.4 is 14.4 Å². The molecule has 0 saturated carbocycles. The third-order valence-electron chi connectivity index (χ3n) is 5.17. The molecule has 9 heteroatoms. The van der Waals surface area contributed by atoms with Gasteiger partial charge in [-0.1, -0.05) is 50.4 Å². The topological polar surface area (TPSA) is 76.4 Å². The summed E-state index contributed by atoms with van der Waals surface area (Å²) in [5.74, 6) is -1.25. The molecule has 3 aromatic rings. The minimum absolute atomic E-state index is 0.0427. The quantitative estimate of drug-likeness (QED) is 0.104. The molecule has 0 spiro atoms. The molecule has 0 amide bonds. The molecule has 1 aromatic heterocycles. The molecule has 0 bridgehead atoms. The van der Waals surface area contributed by atoms with E-state index in [4.69, 9.17) is 9.47 Å². The number of hydrogen-bond acceptors (Lipinski definition) is 8. The largest absolute Gasteiger partial charge is 0.483 e. The first kappa shape index (κ1) is 26.3. The molecule has 0 radical (unpaired) electrons. The van der Waals surface area contributed by atoms with Crippen LogP contribution in [0.25, 0.3) is 0 Å². The van der Waals surface area contributed by atoms with E-state index in [0.717, 1.165) is 35.9 Å². The van der Waals surface area contributed by atoms with Gasteiger partial charge in [-0.3, -0.25) is 0 Å². The molecule has 0 aliphatic rings. The highest BCUT2D eigenvalue weighted by atomic mass is 32.1. The molecule has 35 heavy (non-hydrogen) atoms. The van der Waals surface area contributed by atoms with Crippen molar-refractivity contribution in [2.45, 2.75) is 45.4 Å². The second kappa shape index (κ2) is 13.5. The van der Waals surface area contributed by atoms with Crippen molar-refractivity contribution in [1.29, 1.82) is 0 Å². The molecular formula is C26H31FN4O3S. The fraction of sp³-hybridized carbons (Fsp3) is 0.385. The van der Waals surface area contributed by atoms with Crippen molar-refractivity contribution in [3.8, 4) is 10.8 Å². The van der Waals surface area contributed by atoms with Gasteiger partial charge in [0.2, 0.25) is 5.01 Å². The highest BCUT2D eigenvalue weighted by molar-refractivity contribution is 7.15. The molecule has 0 unspecified atom stereocenters. The molecule has 0 aliphatic heterocycles. The van der Waals surface area contributed by atoms with Gasteiger partial charge >= 0.3 is 5.97 Å². The van der Waals surface area contributed by atoms with E-state index in [9.17, 15) is 9.18 Å². The second-order valence-electron chi connectivity index (χ2n) is 8.21. The molecule has 0 N–H and O–H groups in total. The molecule has 7 nitrogen and oxygen atoms in total. The van der Waals surface area contributed by atoms with E-state index >= 15 is 0 Å². The Bertz CT molecular complexity index is 1120. The molecule has 0 fully saturated rings. The van der Waals surface area contributed by atoms with Crippen LogP contribution in [0.5, 0.6) is 10.8 Å². The van der Waals surface area contributed by atoms with Crippen molar-refractivity contribution in [2.24, 2.45) is 10.2 Å². The lowest BCUT2D eigenvalue weighted by atomic mass is 10.1. The van der Waals surface area contributed by atoms with Gasteiger partial charge in [-0.2, -0.15) is 5.11 Å². The number of carbonyl (C=O) groups is 1. The SMILES string of the molecule is CCCCCCCCOc1cnc(C(=O)Oc2ccc(/N=N/c3ccc(N(C)C)cc3)c(F)c2)s1. The lowest BCUT2D eigenvalue weighted by Crippen LogP contribution is -2.07. The van der Waals surface area contributed by atoms with Crippen molar-refractivity contribution < 1.29 is 18.7 Å². The summed E-state index contributed by atoms with van der Waals surface area (Å²) in [5, 5.41) is 8.73. The van der Waals surface area contributed by atoms with Gasteiger partial charge in [0.05, 0.1) is 18.5 Å². The van der Waals surface area contributed by atoms with Crippen molar-refractivity contribution in [3.63, 3.8) is 0 Å². The van der Waals surface area contributed by atoms with Crippen LogP contribution in [0.15, 0.2) is 58.9 Å². The first-order chi connectivity index (χ1) is 17.0. The second-order valence-corrected chi connectivity index (χ2v) is 9.21. The van der Waals surface area contributed by atoms with Crippen molar-refractivity contribution in [3.05, 3.63) is 59.5 Å². The summed E-state index contributed by atoms with van der Waals surface area (Å²) >= 11 is 1.11. The van der Waals surface area contributed by atoms with Crippen molar-refractivity contribution in [2.75, 3.05) is 25.6 Å². The summed E-state index contributed by atoms with van der Waals surface area (Å²) in [6.07, 6.45) is 8.55. The number of nitrogens with zero attached hydrogens (tertiary/aromatic N) is 4. The van der Waals surface area contributed by atoms with Crippen LogP contribution in [0.2, 0.25) is 0 Å². The van der Waals surface area contributed by atoms with E-state index in [0.29, 0.717) is 17.4 Å². The number of azo groups is 1. The first-order valence-corrected chi connectivity index (χ1v) is 12.6. The Morgan fingerprint density at radius 3 is 2.49 bits per heavy atom. The average Bonchev–Trinajstić information content (AvgIpc) is 3.32. The average molecular weight is 499 g/mol. The number of ether oxygens (including phenoxy) is 2. The summed E-state index contributed by atoms with van der Waals surface area (Å²) in [4.78, 5) is 18.4. The summed E-state index contributed by atoms with van der Waals surface area (Å²) in [5.41, 5.74) is 1.67. The number of rotatable bonds is 13. The monoisotopic (exact) mass is 498 g/mol. The van der Waals surface area contributed by atoms with Crippen LogP contribution in [0.3, 0.4) is 0 Å². The number of esters is 1. The van der Waals surface area contributed by atoms with Gasteiger partial charge < -0.3 is 14.4 Å². The van der Waals surface area contributed by atoms with Crippen LogP contribution in [-0.4, -0.2) is 31.7 Å². The summed E-state index contributed by atoms with van der Waals surface area (Å²) in [6.45, 7) is 2.78. The Balaban J connectivity index is 1.50. The van der Waals surface area contributed by atoms with E-state index in [1.54, 1.807) is 12.1 Å². The lowest BCUT2D eigenvalue weighted by molar-refractivity contribution is 0.0734. The molecule has 186 valence electrons. The third kappa shape index (κ3) is 8.43. The lowest BCUT2D eigenvalue weighted by Gasteiger charge is -2.11. The molecule has 1 heterocycles. The summed E-state index contributed by atoms with van der Waals surface area (Å²) < 4.78 is 25.4. The standard InChI is InChI=1S/C26H31FN4O3S/c1-4-5-6-7-8-9-16-33-24-18-28-25(35-24)26(32)34-21-14-15-23(22(27)17-21)30-29-19-10-12-20(13-11-19)31(2)3/h10-15,17-18H,4-9,16H2,1-3H3/b30-29+. The van der Waals surface area contributed by atoms with Gasteiger partial charge in [0.1, 0.15) is 11.4 Å². The van der Waals surface area contributed by atoms with Crippen LogP contribution in [-0.2, 0) is 0 Å². The van der Waals surface area contributed by atoms with Crippen LogP contribution in [0, 0.1) is 5.82 Å². The molecule has 0 aliphatic carbocycles. The Hall–Kier alpha value is -3.33. The summed E-state index contributed by atoms with van der Waals surface area (Å²) in [7, 11) is 3.89. The zero-order chi connectivity index (χ0) is 25.0. The Morgan fingerprint density at radius 1 is 1.03 bits per heavy atom. The predicted molar refractivity (Wildman–Crippen MR) is 137 cm³/mol. The van der Waals surface area contributed by atoms with E-state index < -0.39 is 11.8 Å². The number of carbonyl (C=O) groups excluding carboxylic acids is 1. The van der Waals surface area contributed by atoms with E-state index in [-0.39, 0.29) is 16.4 Å². The fourth-order valence-corrected chi connectivity index (χ4v) is 3.86. The minimum Gasteiger partial charge on any atom is -0.483 e. The third-order valence-corrected chi connectivity index (χ3v) is 6.06. The van der Waals surface area contributed by atoms with E-state index in [2.05, 4.69) is 22.1 Å². The Kier molecular flexibility index (Phi) is 10.2. The molecular weight excluding hydrogens is 467 g/mol. The van der Waals surface area contributed by atoms with Crippen molar-refractivity contribution in [1.82, 2.24) is 4.98 Å². The number of thiazole rings is 1. The van der Waals surface area contributed by atoms with E-state index in [1.165, 1.54) is 44.0 Å². The normalized spacial score (nSPS) is 11.1. The molecule has 0 saturated heterocycles. The number of aromatic nitrogens is 1. The minimum atomic E-state index is -0.667. The maximum atomic E-state index is 14.5. The molecule has 2 aromatic carbocycles. The first-order valence-electron chi connectivity index (χ1n) is 11.8. The van der Waals surface area contributed by atoms with Gasteiger partial charge in [-0.05, 0) is 42.8 Å². The smallest absolute Gasteiger partial charge is 0.372 e. The highest BCUT2D eigenvalue weighted by Gasteiger charge is 2.16. The number of anilines is 1. The molecule has 3 rings (SSSR count). The summed E-state index contributed by atoms with van der Waals surface area (Å²) in [6, 6.07) is 11.4. The van der Waals surface area contributed by atoms with Crippen LogP contribution in [0.4, 0.5) is 21.5 Å². The number of hydrogen-bond donors (Lipinski definition) is 0. The molecule has 0 atom stereocenters. The Labute approximate surface area is 209 Å². The van der Waals surface area contributed by atoms with Crippen LogP contribution >= 0.6 is 11.3 Å². The maximum Gasteiger partial charge on any atom is 0.372 e. The maximum absolute atomic E-state index is 14.5. The number of benzene rings is 2. The van der Waals surface area contributed by atoms with Gasteiger partial charge in [0, 0.05) is 25.8 Å². The Morgan fingerprint density at radius 2 is 1.77 bits per heavy atom. The van der Waals surface area contributed by atoms with Gasteiger partial charge in [0.25, 0.3) is 0 Å². The van der Waals surface area contributed by atoms with Gasteiger partial charge in [-0.25, -0.2) is 14.2 Å². The number of halogens is 1. The van der Waals surface area contributed by atoms with E-state index in [1.807, 2.05) is 31.1 Å².